The quantitative estimate of drug-likeness (QED) is 0.561. The van der Waals surface area contributed by atoms with Crippen LogP contribution in [0.15, 0.2) is 54.4 Å². The van der Waals surface area contributed by atoms with Crippen LogP contribution in [0.4, 0.5) is 5.82 Å². The van der Waals surface area contributed by atoms with E-state index < -0.39 is 0 Å². The number of anilines is 1. The number of aromatic nitrogens is 5. The van der Waals surface area contributed by atoms with E-state index in [-0.39, 0.29) is 0 Å². The van der Waals surface area contributed by atoms with Gasteiger partial charge in [0.2, 0.25) is 0 Å². The van der Waals surface area contributed by atoms with Crippen molar-refractivity contribution >= 4 is 28.2 Å². The summed E-state index contributed by atoms with van der Waals surface area (Å²) in [6.07, 6.45) is 6.16. The van der Waals surface area contributed by atoms with E-state index in [4.69, 9.17) is 0 Å². The molecule has 120 valence electrons. The molecule has 1 aromatic carbocycles. The molecule has 7 heteroatoms. The Hall–Kier alpha value is -2.80. The third-order valence-electron chi connectivity index (χ3n) is 3.85. The van der Waals surface area contributed by atoms with Gasteiger partial charge in [-0.15, -0.1) is 11.3 Å². The summed E-state index contributed by atoms with van der Waals surface area (Å²) in [6.45, 7) is 0.843. The molecule has 6 nitrogen and oxygen atoms in total. The highest BCUT2D eigenvalue weighted by Gasteiger charge is 2.14. The number of para-hydroxylation sites is 1. The van der Waals surface area contributed by atoms with Gasteiger partial charge in [0.25, 0.3) is 0 Å². The first kappa shape index (κ1) is 14.8. The molecule has 0 amide bonds. The highest BCUT2D eigenvalue weighted by Crippen LogP contribution is 2.24. The predicted molar refractivity (Wildman–Crippen MR) is 95.7 cm³/mol. The summed E-state index contributed by atoms with van der Waals surface area (Å²) < 4.78 is 1.84. The van der Waals surface area contributed by atoms with Crippen LogP contribution in [0.3, 0.4) is 0 Å². The molecule has 0 fully saturated rings. The number of hydrogen-bond acceptors (Lipinski definition) is 6. The number of rotatable bonds is 5. The molecule has 3 aromatic heterocycles. The van der Waals surface area contributed by atoms with Gasteiger partial charge in [-0.1, -0.05) is 18.2 Å². The van der Waals surface area contributed by atoms with E-state index in [1.165, 1.54) is 0 Å². The van der Waals surface area contributed by atoms with Crippen molar-refractivity contribution in [2.24, 2.45) is 0 Å². The smallest absolute Gasteiger partial charge is 0.168 e. The van der Waals surface area contributed by atoms with Crippen LogP contribution in [0.5, 0.6) is 0 Å². The topological polar surface area (TPSA) is 59.7 Å². The van der Waals surface area contributed by atoms with Crippen LogP contribution in [0.25, 0.3) is 16.7 Å². The van der Waals surface area contributed by atoms with E-state index in [9.17, 15) is 0 Å². The van der Waals surface area contributed by atoms with E-state index in [1.54, 1.807) is 17.7 Å². The average molecular weight is 336 g/mol. The van der Waals surface area contributed by atoms with Crippen molar-refractivity contribution in [1.29, 1.82) is 0 Å². The summed E-state index contributed by atoms with van der Waals surface area (Å²) in [7, 11) is 2.04. The van der Waals surface area contributed by atoms with Crippen molar-refractivity contribution in [1.82, 2.24) is 24.7 Å². The van der Waals surface area contributed by atoms with Gasteiger partial charge < -0.3 is 4.90 Å². The number of fused-ring (bicyclic) bond motifs is 1. The largest absolute Gasteiger partial charge is 0.359 e. The monoisotopic (exact) mass is 336 g/mol. The predicted octanol–water partition coefficient (Wildman–Crippen LogP) is 2.95. The van der Waals surface area contributed by atoms with Crippen LogP contribution in [-0.2, 0) is 6.42 Å². The zero-order chi connectivity index (χ0) is 16.4. The zero-order valence-corrected chi connectivity index (χ0v) is 14.0. The highest BCUT2D eigenvalue weighted by molar-refractivity contribution is 7.09. The Kier molecular flexibility index (Phi) is 3.92. The second-order valence-electron chi connectivity index (χ2n) is 5.42. The van der Waals surface area contributed by atoms with E-state index in [2.05, 4.69) is 25.0 Å². The lowest BCUT2D eigenvalue weighted by Gasteiger charge is -2.17. The van der Waals surface area contributed by atoms with Crippen LogP contribution in [0.2, 0.25) is 0 Å². The van der Waals surface area contributed by atoms with E-state index >= 15 is 0 Å². The third-order valence-corrected chi connectivity index (χ3v) is 4.69. The Bertz CT molecular complexity index is 932. The van der Waals surface area contributed by atoms with Crippen LogP contribution in [0.1, 0.15) is 5.01 Å². The first-order chi connectivity index (χ1) is 11.8. The second-order valence-corrected chi connectivity index (χ2v) is 6.40. The maximum absolute atomic E-state index is 4.50. The molecule has 0 unspecified atom stereocenters. The fraction of sp³-hybridized carbons (Fsp3) is 0.176. The van der Waals surface area contributed by atoms with Crippen molar-refractivity contribution in [3.05, 3.63) is 59.4 Å². The number of benzene rings is 1. The van der Waals surface area contributed by atoms with Crippen molar-refractivity contribution in [3.8, 4) is 5.69 Å². The zero-order valence-electron chi connectivity index (χ0n) is 13.2. The summed E-state index contributed by atoms with van der Waals surface area (Å²) in [6, 6.07) is 10.00. The average Bonchev–Trinajstić information content (AvgIpc) is 3.29. The maximum atomic E-state index is 4.50. The van der Waals surface area contributed by atoms with Gasteiger partial charge >= 0.3 is 0 Å². The molecule has 4 aromatic rings. The van der Waals surface area contributed by atoms with Gasteiger partial charge in [-0.05, 0) is 12.1 Å². The molecule has 0 spiro atoms. The lowest BCUT2D eigenvalue weighted by Crippen LogP contribution is -2.21. The minimum absolute atomic E-state index is 0.812. The molecule has 0 aliphatic heterocycles. The van der Waals surface area contributed by atoms with E-state index in [0.29, 0.717) is 0 Å². The normalized spacial score (nSPS) is 11.0. The standard InChI is InChI=1S/C17H16N6S/c1-22(9-7-15-18-8-10-24-15)16-14-11-21-23(17(14)20-12-19-16)13-5-3-2-4-6-13/h2-6,8,10-12H,7,9H2,1H3. The van der Waals surface area contributed by atoms with Crippen molar-refractivity contribution in [3.63, 3.8) is 0 Å². The Balaban J connectivity index is 1.65. The summed E-state index contributed by atoms with van der Waals surface area (Å²) in [4.78, 5) is 15.3. The Morgan fingerprint density at radius 3 is 2.79 bits per heavy atom. The molecular weight excluding hydrogens is 320 g/mol. The first-order valence-electron chi connectivity index (χ1n) is 7.66. The maximum Gasteiger partial charge on any atom is 0.168 e. The van der Waals surface area contributed by atoms with Gasteiger partial charge in [-0.3, -0.25) is 0 Å². The number of likely N-dealkylation sites (N-methyl/N-ethyl adjacent to an activating group) is 1. The number of thiazole rings is 1. The van der Waals surface area contributed by atoms with Gasteiger partial charge in [0.05, 0.1) is 22.3 Å². The Labute approximate surface area is 143 Å². The molecular formula is C17H16N6S. The minimum atomic E-state index is 0.812. The number of nitrogens with zero attached hydrogens (tertiary/aromatic N) is 6. The van der Waals surface area contributed by atoms with Crippen molar-refractivity contribution in [2.45, 2.75) is 6.42 Å². The van der Waals surface area contributed by atoms with Crippen molar-refractivity contribution < 1.29 is 0 Å². The fourth-order valence-electron chi connectivity index (χ4n) is 2.64. The summed E-state index contributed by atoms with van der Waals surface area (Å²) in [5.41, 5.74) is 1.80. The molecule has 0 N–H and O–H groups in total. The van der Waals surface area contributed by atoms with Gasteiger partial charge in [-0.25, -0.2) is 19.6 Å². The highest BCUT2D eigenvalue weighted by atomic mass is 32.1. The molecule has 0 radical (unpaired) electrons. The number of hydrogen-bond donors (Lipinski definition) is 0. The summed E-state index contributed by atoms with van der Waals surface area (Å²) in [5, 5.41) is 8.58. The minimum Gasteiger partial charge on any atom is -0.359 e. The molecule has 4 rings (SSSR count). The SMILES string of the molecule is CN(CCc1nccs1)c1ncnc2c1cnn2-c1ccccc1. The van der Waals surface area contributed by atoms with Gasteiger partial charge in [-0.2, -0.15) is 5.10 Å². The molecule has 0 atom stereocenters. The van der Waals surface area contributed by atoms with Crippen LogP contribution in [0, 0.1) is 0 Å². The summed E-state index contributed by atoms with van der Waals surface area (Å²) >= 11 is 1.68. The van der Waals surface area contributed by atoms with Gasteiger partial charge in [0.15, 0.2) is 5.65 Å². The van der Waals surface area contributed by atoms with Gasteiger partial charge in [0, 0.05) is 31.6 Å². The third kappa shape index (κ3) is 2.74. The fourth-order valence-corrected chi connectivity index (χ4v) is 3.25. The van der Waals surface area contributed by atoms with Gasteiger partial charge in [0.1, 0.15) is 12.1 Å². The summed E-state index contributed by atoms with van der Waals surface area (Å²) in [5.74, 6) is 0.888. The molecule has 0 aliphatic rings. The lowest BCUT2D eigenvalue weighted by atomic mass is 10.3. The van der Waals surface area contributed by atoms with E-state index in [0.717, 1.165) is 40.5 Å². The lowest BCUT2D eigenvalue weighted by molar-refractivity contribution is 0.854. The Morgan fingerprint density at radius 2 is 2.00 bits per heavy atom. The molecule has 0 bridgehead atoms. The molecule has 0 aliphatic carbocycles. The van der Waals surface area contributed by atoms with Crippen LogP contribution < -0.4 is 4.90 Å². The molecule has 0 saturated heterocycles. The van der Waals surface area contributed by atoms with E-state index in [1.807, 2.05) is 59.8 Å². The molecule has 24 heavy (non-hydrogen) atoms. The second kappa shape index (κ2) is 6.37. The first-order valence-corrected chi connectivity index (χ1v) is 8.54. The van der Waals surface area contributed by atoms with Crippen molar-refractivity contribution in [2.75, 3.05) is 18.5 Å². The molecule has 3 heterocycles. The molecule has 0 saturated carbocycles. The van der Waals surface area contributed by atoms with Crippen LogP contribution in [-0.4, -0.2) is 38.3 Å². The Morgan fingerprint density at radius 1 is 1.12 bits per heavy atom. The van der Waals surface area contributed by atoms with Crippen LogP contribution >= 0.6 is 11.3 Å².